The minimum atomic E-state index is -2.49. The molecule has 0 aliphatic carbocycles. The second-order valence-electron chi connectivity index (χ2n) is 18.0. The van der Waals surface area contributed by atoms with Crippen LogP contribution < -0.4 is 5.19 Å². The van der Waals surface area contributed by atoms with E-state index in [1.54, 1.807) is 0 Å². The van der Waals surface area contributed by atoms with Crippen LogP contribution >= 0.6 is 0 Å². The summed E-state index contributed by atoms with van der Waals surface area (Å²) in [5, 5.41) is 3.95. The molecule has 11 aromatic rings. The summed E-state index contributed by atoms with van der Waals surface area (Å²) in [5.74, 6) is 1.07. The summed E-state index contributed by atoms with van der Waals surface area (Å²) in [6, 6.07) is 53.5. The Bertz CT molecular complexity index is 3580. The van der Waals surface area contributed by atoms with Crippen LogP contribution in [0.3, 0.4) is 0 Å². The van der Waals surface area contributed by atoms with Crippen LogP contribution in [0.25, 0.3) is 94.5 Å². The van der Waals surface area contributed by atoms with E-state index in [2.05, 4.69) is 129 Å². The van der Waals surface area contributed by atoms with Crippen LogP contribution in [0, 0.1) is 19.0 Å². The molecular weight excluding hydrogens is 993 g/mol. The Kier molecular flexibility index (Phi) is 10.8. The van der Waals surface area contributed by atoms with Crippen LogP contribution in [0.4, 0.5) is 0 Å². The molecule has 6 aromatic carbocycles. The van der Waals surface area contributed by atoms with Crippen molar-refractivity contribution in [1.82, 2.24) is 19.5 Å². The van der Waals surface area contributed by atoms with Crippen LogP contribution in [0.15, 0.2) is 155 Å². The summed E-state index contributed by atoms with van der Waals surface area (Å²) in [6.45, 7) is 13.4. The van der Waals surface area contributed by atoms with Gasteiger partial charge in [0.2, 0.25) is 5.71 Å². The molecule has 0 N–H and O–H groups in total. The third kappa shape index (κ3) is 7.94. The molecule has 8 heteroatoms. The Labute approximate surface area is 399 Å². The normalized spacial score (nSPS) is 12.7. The Morgan fingerprint density at radius 1 is 0.662 bits per heavy atom. The third-order valence-electron chi connectivity index (χ3n) is 12.0. The number of fused-ring (bicyclic) bond motifs is 8. The monoisotopic (exact) mass is 1050 g/mol. The van der Waals surface area contributed by atoms with Crippen molar-refractivity contribution in [3.05, 3.63) is 175 Å². The van der Waals surface area contributed by atoms with E-state index in [9.17, 15) is 0 Å². The van der Waals surface area contributed by atoms with Crippen LogP contribution in [-0.2, 0) is 20.1 Å². The number of nitrogens with zero attached hydrogens (tertiary/aromatic N) is 4. The van der Waals surface area contributed by atoms with Crippen LogP contribution in [0.5, 0.6) is 0 Å². The molecule has 5 aromatic heterocycles. The molecule has 0 aliphatic heterocycles. The maximum Gasteiger partial charge on any atom is 0.220 e. The molecule has 0 atom stereocenters. The van der Waals surface area contributed by atoms with Gasteiger partial charge in [0.05, 0.1) is 47.0 Å². The van der Waals surface area contributed by atoms with E-state index in [0.29, 0.717) is 44.3 Å². The van der Waals surface area contributed by atoms with Crippen molar-refractivity contribution in [1.29, 1.82) is 0 Å². The summed E-state index contributed by atoms with van der Waals surface area (Å²) in [5.41, 5.74) is 12.1. The van der Waals surface area contributed by atoms with E-state index in [1.807, 2.05) is 91.1 Å². The number of hydrogen-bond acceptors (Lipinski definition) is 5. The second kappa shape index (κ2) is 17.5. The Balaban J connectivity index is 0.000000289. The molecule has 65 heavy (non-hydrogen) atoms. The van der Waals surface area contributed by atoms with Gasteiger partial charge >= 0.3 is 0 Å². The first-order valence-corrected chi connectivity index (χ1v) is 25.4. The van der Waals surface area contributed by atoms with E-state index in [-0.39, 0.29) is 43.3 Å². The summed E-state index contributed by atoms with van der Waals surface area (Å²) in [6.07, 6.45) is 2.02. The zero-order valence-corrected chi connectivity index (χ0v) is 40.8. The van der Waals surface area contributed by atoms with Crippen molar-refractivity contribution < 1.29 is 33.1 Å². The van der Waals surface area contributed by atoms with Crippen molar-refractivity contribution in [2.45, 2.75) is 66.0 Å². The molecule has 0 spiro atoms. The van der Waals surface area contributed by atoms with E-state index in [4.69, 9.17) is 17.9 Å². The van der Waals surface area contributed by atoms with Crippen LogP contribution in [0.1, 0.15) is 60.5 Å². The van der Waals surface area contributed by atoms with Gasteiger partial charge in [-0.25, -0.2) is 4.98 Å². The van der Waals surface area contributed by atoms with Gasteiger partial charge in [-0.05, 0) is 87.5 Å². The maximum absolute atomic E-state index is 8.39. The maximum atomic E-state index is 8.39. The molecule has 5 heterocycles. The molecule has 0 unspecified atom stereocenters. The first-order valence-electron chi connectivity index (χ1n) is 23.4. The topological polar surface area (TPSA) is 69.9 Å². The van der Waals surface area contributed by atoms with Gasteiger partial charge in [-0.3, -0.25) is 4.98 Å². The fraction of sp³-hybridized carbons (Fsp3) is 0.175. The standard InChI is InChI=1S/C43H34N3O2.C14H16NSi.Ir/c1-24(2)32-22-28(27-14-7-6-8-15-27)23-33(25(3)4)39(32)46-35-20-11-10-19-34(35)45-42(46)31-18-13-17-30-38-41-37(26(5)44-43(38)48-40(30)31)29-16-9-12-21-36(29)47-41;1-16(2,3)13-9-10-14(15-11-13)12-7-5-4-6-8-12;/h6-17,19-25H,1-5H3;4-7,9-11H,1-3H3;/q2*-1;/i5D3;;. The minimum Gasteiger partial charge on any atom is -0.486 e. The smallest absolute Gasteiger partial charge is 0.220 e. The first kappa shape index (κ1) is 40.1. The number of pyridine rings is 2. The first-order chi connectivity index (χ1) is 32.2. The number of hydrogen-bond donors (Lipinski definition) is 0. The van der Waals surface area contributed by atoms with Gasteiger partial charge in [-0.2, -0.15) is 0 Å². The van der Waals surface area contributed by atoms with Gasteiger partial charge in [0, 0.05) is 41.5 Å². The molecule has 0 fully saturated rings. The largest absolute Gasteiger partial charge is 0.486 e. The number of para-hydroxylation sites is 3. The molecule has 1 radical (unpaired) electrons. The van der Waals surface area contributed by atoms with E-state index in [1.165, 1.54) is 27.4 Å². The summed E-state index contributed by atoms with van der Waals surface area (Å²) < 4.78 is 40.4. The summed E-state index contributed by atoms with van der Waals surface area (Å²) >= 11 is 0. The molecule has 0 amide bonds. The molecule has 0 saturated carbocycles. The van der Waals surface area contributed by atoms with Crippen molar-refractivity contribution >= 4 is 68.3 Å². The molecular formula is C57H50IrN4O2Si-2. The molecule has 6 nitrogen and oxygen atoms in total. The Morgan fingerprint density at radius 2 is 1.38 bits per heavy atom. The molecule has 0 aliphatic rings. The number of furan rings is 2. The fourth-order valence-electron chi connectivity index (χ4n) is 8.71. The van der Waals surface area contributed by atoms with Gasteiger partial charge < -0.3 is 18.4 Å². The van der Waals surface area contributed by atoms with Gasteiger partial charge in [-0.1, -0.05) is 126 Å². The van der Waals surface area contributed by atoms with Crippen molar-refractivity contribution in [2.75, 3.05) is 0 Å². The quantitative estimate of drug-likeness (QED) is 0.117. The summed E-state index contributed by atoms with van der Waals surface area (Å²) in [4.78, 5) is 14.4. The van der Waals surface area contributed by atoms with Crippen LogP contribution in [0.2, 0.25) is 19.6 Å². The zero-order valence-electron chi connectivity index (χ0n) is 40.4. The SMILES string of the molecule is C[Si](C)(C)c1ccc(-c2[c-]cccc2)nc1.[2H]C([2H])([2H])c1nc2oc3c(-c4nc5ccccc5n4-c4c(C(C)C)cc(-c5ccccc5)cc4C(C)C)[c-]ccc3c2c2oc3ccccc3c12.[Ir]. The van der Waals surface area contributed by atoms with Gasteiger partial charge in [-0.15, -0.1) is 54.1 Å². The predicted octanol–water partition coefficient (Wildman–Crippen LogP) is 15.0. The van der Waals surface area contributed by atoms with Crippen LogP contribution in [-0.4, -0.2) is 27.6 Å². The number of benzene rings is 6. The molecule has 11 rings (SSSR count). The van der Waals surface area contributed by atoms with E-state index in [0.717, 1.165) is 33.4 Å². The molecule has 325 valence electrons. The van der Waals surface area contributed by atoms with Gasteiger partial charge in [0.1, 0.15) is 11.2 Å². The van der Waals surface area contributed by atoms with Crippen molar-refractivity contribution in [3.63, 3.8) is 0 Å². The van der Waals surface area contributed by atoms with Crippen molar-refractivity contribution in [2.24, 2.45) is 0 Å². The molecule has 0 saturated heterocycles. The average Bonchev–Trinajstić information content (AvgIpc) is 4.03. The van der Waals surface area contributed by atoms with E-state index < -0.39 is 14.9 Å². The zero-order chi connectivity index (χ0) is 46.8. The Morgan fingerprint density at radius 3 is 2.08 bits per heavy atom. The predicted molar refractivity (Wildman–Crippen MR) is 268 cm³/mol. The fourth-order valence-corrected chi connectivity index (χ4v) is 9.75. The number of aromatic nitrogens is 4. The molecule has 0 bridgehead atoms. The minimum absolute atomic E-state index is 0. The average molecular weight is 1050 g/mol. The third-order valence-corrected chi connectivity index (χ3v) is 14.1. The van der Waals surface area contributed by atoms with E-state index >= 15 is 0 Å². The second-order valence-corrected chi connectivity index (χ2v) is 23.1. The number of rotatable bonds is 7. The Hall–Kier alpha value is -6.44. The summed E-state index contributed by atoms with van der Waals surface area (Å²) in [7, 11) is -1.23. The van der Waals surface area contributed by atoms with Gasteiger partial charge in [0.25, 0.3) is 0 Å². The number of aryl methyl sites for hydroxylation is 1. The van der Waals surface area contributed by atoms with Gasteiger partial charge in [0.15, 0.2) is 0 Å². The van der Waals surface area contributed by atoms with Crippen molar-refractivity contribution in [3.8, 4) is 39.5 Å². The number of imidazole rings is 1.